The average molecular weight is 562 g/mol. The summed E-state index contributed by atoms with van der Waals surface area (Å²) in [7, 11) is 4.01. The van der Waals surface area contributed by atoms with Crippen LogP contribution in [0, 0.1) is 0 Å². The molecule has 2 saturated carbocycles. The molecule has 9 nitrogen and oxygen atoms in total. The zero-order valence-corrected chi connectivity index (χ0v) is 24.0. The number of hydrazine groups is 1. The molecule has 0 spiro atoms. The van der Waals surface area contributed by atoms with Gasteiger partial charge in [0.1, 0.15) is 5.82 Å². The molecule has 2 fully saturated rings. The first-order valence-corrected chi connectivity index (χ1v) is 14.7. The number of nitrogens with one attached hydrogen (secondary N) is 2. The van der Waals surface area contributed by atoms with Gasteiger partial charge < -0.3 is 14.5 Å². The van der Waals surface area contributed by atoms with Gasteiger partial charge in [0.2, 0.25) is 0 Å². The molecule has 0 saturated heterocycles. The average Bonchev–Trinajstić information content (AvgIpc) is 3.71. The maximum absolute atomic E-state index is 13.9. The van der Waals surface area contributed by atoms with Gasteiger partial charge >= 0.3 is 0 Å². The lowest BCUT2D eigenvalue weighted by Crippen LogP contribution is -2.52. The number of aromatic nitrogens is 4. The molecule has 0 unspecified atom stereocenters. The first-order valence-electron chi connectivity index (χ1n) is 14.7. The summed E-state index contributed by atoms with van der Waals surface area (Å²) in [5.74, 6) is 6.16. The van der Waals surface area contributed by atoms with E-state index in [9.17, 15) is 9.59 Å². The molecule has 9 heteroatoms. The lowest BCUT2D eigenvalue weighted by Gasteiger charge is -2.41. The number of pyridine rings is 1. The summed E-state index contributed by atoms with van der Waals surface area (Å²) in [5, 5.41) is 4.56. The normalized spacial score (nSPS) is 16.5. The Balaban J connectivity index is 1.26. The number of benzene rings is 2. The topological polar surface area (TPSA) is 120 Å². The van der Waals surface area contributed by atoms with Gasteiger partial charge in [-0.05, 0) is 86.1 Å². The van der Waals surface area contributed by atoms with Crippen LogP contribution in [0.1, 0.15) is 83.0 Å². The Morgan fingerprint density at radius 2 is 1.64 bits per heavy atom. The molecule has 0 atom stereocenters. The highest BCUT2D eigenvalue weighted by Crippen LogP contribution is 2.45. The second-order valence-electron chi connectivity index (χ2n) is 11.8. The van der Waals surface area contributed by atoms with E-state index in [4.69, 9.17) is 15.8 Å². The van der Waals surface area contributed by atoms with E-state index < -0.39 is 5.54 Å². The van der Waals surface area contributed by atoms with Gasteiger partial charge in [0.05, 0.1) is 28.0 Å². The Kier molecular flexibility index (Phi) is 6.35. The summed E-state index contributed by atoms with van der Waals surface area (Å²) >= 11 is 0. The molecule has 2 aliphatic rings. The summed E-state index contributed by atoms with van der Waals surface area (Å²) in [6.07, 6.45) is 9.29. The van der Waals surface area contributed by atoms with Gasteiger partial charge in [-0.3, -0.25) is 20.0 Å². The maximum Gasteiger partial charge on any atom is 0.265 e. The van der Waals surface area contributed by atoms with E-state index in [1.54, 1.807) is 12.1 Å². The Bertz CT molecular complexity index is 1840. The van der Waals surface area contributed by atoms with E-state index in [0.717, 1.165) is 53.0 Å². The van der Waals surface area contributed by atoms with Crippen LogP contribution in [0.2, 0.25) is 0 Å². The molecule has 0 bridgehead atoms. The molecule has 7 rings (SSSR count). The number of amides is 2. The number of hydrogen-bond donors (Lipinski definition) is 3. The van der Waals surface area contributed by atoms with Crippen molar-refractivity contribution >= 4 is 33.8 Å². The standard InChI is InChI=1S/C33H35N7O2/c1-39-26-18-21(11-13-23(26)28(20-8-3-4-9-20)29(39)25-10-5-6-17-35-25)30(41)37-33(15-7-16-33)32-36-24-14-12-22(31(42)38-34)19-27(24)40(32)2/h5-6,10-14,17-20H,3-4,7-9,15-16,34H2,1-2H3,(H,37,41)(H,38,42). The molecule has 42 heavy (non-hydrogen) atoms. The minimum Gasteiger partial charge on any atom is -0.342 e. The number of hydrogen-bond acceptors (Lipinski definition) is 5. The maximum atomic E-state index is 13.9. The van der Waals surface area contributed by atoms with Crippen LogP contribution in [0.3, 0.4) is 0 Å². The first-order chi connectivity index (χ1) is 20.4. The highest BCUT2D eigenvalue weighted by Gasteiger charge is 2.44. The number of rotatable bonds is 6. The van der Waals surface area contributed by atoms with E-state index in [-0.39, 0.29) is 11.8 Å². The molecule has 5 aromatic rings. The van der Waals surface area contributed by atoms with Crippen LogP contribution < -0.4 is 16.6 Å². The lowest BCUT2D eigenvalue weighted by molar-refractivity contribution is 0.0805. The van der Waals surface area contributed by atoms with Gasteiger partial charge in [-0.1, -0.05) is 25.0 Å². The van der Waals surface area contributed by atoms with Crippen molar-refractivity contribution in [1.82, 2.24) is 29.8 Å². The molecule has 2 amide bonds. The van der Waals surface area contributed by atoms with Crippen molar-refractivity contribution in [2.24, 2.45) is 19.9 Å². The van der Waals surface area contributed by atoms with Crippen molar-refractivity contribution in [2.75, 3.05) is 0 Å². The van der Waals surface area contributed by atoms with Gasteiger partial charge in [-0.25, -0.2) is 10.8 Å². The molecule has 4 N–H and O–H groups in total. The molecular weight excluding hydrogens is 526 g/mol. The summed E-state index contributed by atoms with van der Waals surface area (Å²) < 4.78 is 4.19. The van der Waals surface area contributed by atoms with E-state index in [2.05, 4.69) is 34.5 Å². The van der Waals surface area contributed by atoms with E-state index >= 15 is 0 Å². The monoisotopic (exact) mass is 561 g/mol. The fourth-order valence-corrected chi connectivity index (χ4v) is 7.11. The number of nitrogens with two attached hydrogens (primary N) is 1. The van der Waals surface area contributed by atoms with E-state index in [0.29, 0.717) is 17.0 Å². The van der Waals surface area contributed by atoms with Crippen LogP contribution in [0.15, 0.2) is 60.8 Å². The number of carbonyl (C=O) groups excluding carboxylic acids is 2. The zero-order valence-electron chi connectivity index (χ0n) is 24.0. The smallest absolute Gasteiger partial charge is 0.265 e. The third-order valence-corrected chi connectivity index (χ3v) is 9.43. The van der Waals surface area contributed by atoms with Crippen LogP contribution in [0.5, 0.6) is 0 Å². The predicted molar refractivity (Wildman–Crippen MR) is 163 cm³/mol. The summed E-state index contributed by atoms with van der Waals surface area (Å²) in [4.78, 5) is 35.6. The number of nitrogen functional groups attached to an aromatic ring is 1. The quantitative estimate of drug-likeness (QED) is 0.150. The van der Waals surface area contributed by atoms with Crippen molar-refractivity contribution in [2.45, 2.75) is 56.4 Å². The molecule has 2 aliphatic carbocycles. The van der Waals surface area contributed by atoms with Crippen molar-refractivity contribution < 1.29 is 9.59 Å². The number of nitrogens with zero attached hydrogens (tertiary/aromatic N) is 4. The SMILES string of the molecule is Cn1c(C2(NC(=O)c3ccc4c(C5CCCC5)c(-c5ccccn5)n(C)c4c3)CCC2)nc2ccc(C(=O)NN)cc21. The van der Waals surface area contributed by atoms with Crippen molar-refractivity contribution in [3.8, 4) is 11.4 Å². The van der Waals surface area contributed by atoms with Crippen LogP contribution in [0.4, 0.5) is 0 Å². The fourth-order valence-electron chi connectivity index (χ4n) is 7.11. The van der Waals surface area contributed by atoms with Crippen molar-refractivity contribution in [1.29, 1.82) is 0 Å². The fraction of sp³-hybridized carbons (Fsp3) is 0.333. The molecule has 2 aromatic carbocycles. The first kappa shape index (κ1) is 26.4. The molecule has 214 valence electrons. The molecule has 3 aromatic heterocycles. The van der Waals surface area contributed by atoms with E-state index in [1.165, 1.54) is 36.6 Å². The summed E-state index contributed by atoms with van der Waals surface area (Å²) in [6, 6.07) is 17.5. The van der Waals surface area contributed by atoms with Crippen molar-refractivity contribution in [3.05, 3.63) is 83.3 Å². The molecule has 0 aliphatic heterocycles. The van der Waals surface area contributed by atoms with Crippen molar-refractivity contribution in [3.63, 3.8) is 0 Å². The van der Waals surface area contributed by atoms with Gasteiger partial charge in [-0.2, -0.15) is 0 Å². The second-order valence-corrected chi connectivity index (χ2v) is 11.8. The van der Waals surface area contributed by atoms with Gasteiger partial charge in [0, 0.05) is 42.3 Å². The lowest BCUT2D eigenvalue weighted by atomic mass is 9.75. The Labute approximate surface area is 244 Å². The second kappa shape index (κ2) is 10.1. The Hall–Kier alpha value is -4.50. The zero-order chi connectivity index (χ0) is 29.0. The third-order valence-electron chi connectivity index (χ3n) is 9.43. The minimum atomic E-state index is -0.571. The predicted octanol–water partition coefficient (Wildman–Crippen LogP) is 5.20. The van der Waals surface area contributed by atoms with E-state index in [1.807, 2.05) is 48.1 Å². The molecular formula is C33H35N7O2. The van der Waals surface area contributed by atoms with Gasteiger partial charge in [0.15, 0.2) is 0 Å². The third kappa shape index (κ3) is 4.10. The molecule has 3 heterocycles. The Morgan fingerprint density at radius 3 is 2.33 bits per heavy atom. The van der Waals surface area contributed by atoms with Crippen LogP contribution in [-0.2, 0) is 19.6 Å². The summed E-state index contributed by atoms with van der Waals surface area (Å²) in [6.45, 7) is 0. The number of imidazole rings is 1. The highest BCUT2D eigenvalue weighted by molar-refractivity contribution is 6.01. The number of carbonyl (C=O) groups is 2. The van der Waals surface area contributed by atoms with Gasteiger partial charge in [-0.15, -0.1) is 0 Å². The van der Waals surface area contributed by atoms with Gasteiger partial charge in [0.25, 0.3) is 11.8 Å². The van der Waals surface area contributed by atoms with Crippen LogP contribution >= 0.6 is 0 Å². The minimum absolute atomic E-state index is 0.116. The number of aryl methyl sites for hydroxylation is 2. The van der Waals surface area contributed by atoms with Crippen LogP contribution in [-0.4, -0.2) is 30.9 Å². The largest absolute Gasteiger partial charge is 0.342 e. The number of fused-ring (bicyclic) bond motifs is 2. The summed E-state index contributed by atoms with van der Waals surface area (Å²) in [5.41, 5.74) is 8.80. The van der Waals surface area contributed by atoms with Crippen LogP contribution in [0.25, 0.3) is 33.3 Å². The highest BCUT2D eigenvalue weighted by atomic mass is 16.2. The molecule has 0 radical (unpaired) electrons. The Morgan fingerprint density at radius 1 is 0.905 bits per heavy atom.